The summed E-state index contributed by atoms with van der Waals surface area (Å²) in [5, 5.41) is 11.5. The number of rotatable bonds is 4. The second kappa shape index (κ2) is 6.41. The average Bonchev–Trinajstić information content (AvgIpc) is 2.41. The fraction of sp³-hybridized carbons (Fsp3) is 0.571. The molecule has 1 aromatic rings. The maximum absolute atomic E-state index is 11.1. The molecule has 1 aliphatic heterocycles. The Labute approximate surface area is 124 Å². The molecule has 0 bridgehead atoms. The van der Waals surface area contributed by atoms with Crippen molar-refractivity contribution in [3.05, 3.63) is 33.3 Å². The third kappa shape index (κ3) is 3.61. The quantitative estimate of drug-likeness (QED) is 0.633. The normalized spacial score (nSPS) is 17.1. The maximum atomic E-state index is 11.1. The highest BCUT2D eigenvalue weighted by Crippen LogP contribution is 2.31. The van der Waals surface area contributed by atoms with Crippen molar-refractivity contribution in [3.8, 4) is 0 Å². The van der Waals surface area contributed by atoms with Crippen LogP contribution in [-0.2, 0) is 0 Å². The van der Waals surface area contributed by atoms with Crippen molar-refractivity contribution in [1.29, 1.82) is 0 Å². The van der Waals surface area contributed by atoms with Gasteiger partial charge in [-0.1, -0.05) is 11.6 Å². The van der Waals surface area contributed by atoms with Crippen molar-refractivity contribution in [2.45, 2.75) is 12.8 Å². The number of hydrogen-bond acceptors (Lipinski definition) is 4. The molecule has 0 unspecified atom stereocenters. The van der Waals surface area contributed by atoms with Crippen LogP contribution in [0.5, 0.6) is 0 Å². The van der Waals surface area contributed by atoms with Crippen LogP contribution in [-0.4, -0.2) is 43.6 Å². The molecule has 6 heteroatoms. The van der Waals surface area contributed by atoms with Gasteiger partial charge in [0.05, 0.1) is 4.92 Å². The Bertz CT molecular complexity index is 487. The lowest BCUT2D eigenvalue weighted by atomic mass is 9.96. The SMILES string of the molecule is CN1CCC(CN(C)c2ccc(Cl)cc2[N+](=O)[O-])CC1. The number of benzene rings is 1. The molecule has 1 saturated heterocycles. The van der Waals surface area contributed by atoms with Crippen LogP contribution < -0.4 is 4.90 Å². The van der Waals surface area contributed by atoms with Crippen LogP contribution in [0.3, 0.4) is 0 Å². The summed E-state index contributed by atoms with van der Waals surface area (Å²) in [6, 6.07) is 4.85. The van der Waals surface area contributed by atoms with Crippen molar-refractivity contribution in [1.82, 2.24) is 4.90 Å². The summed E-state index contributed by atoms with van der Waals surface area (Å²) < 4.78 is 0. The van der Waals surface area contributed by atoms with E-state index in [4.69, 9.17) is 11.6 Å². The van der Waals surface area contributed by atoms with E-state index in [0.717, 1.165) is 32.5 Å². The monoisotopic (exact) mass is 297 g/mol. The first-order valence-electron chi connectivity index (χ1n) is 6.81. The molecule has 0 spiro atoms. The number of nitrogens with zero attached hydrogens (tertiary/aromatic N) is 3. The van der Waals surface area contributed by atoms with Gasteiger partial charge in [-0.05, 0) is 51.0 Å². The number of halogens is 1. The zero-order valence-corrected chi connectivity index (χ0v) is 12.6. The van der Waals surface area contributed by atoms with Crippen LogP contribution in [0.4, 0.5) is 11.4 Å². The zero-order valence-electron chi connectivity index (χ0n) is 11.9. The van der Waals surface area contributed by atoms with Gasteiger partial charge in [0.25, 0.3) is 5.69 Å². The molecule has 0 radical (unpaired) electrons. The molecule has 20 heavy (non-hydrogen) atoms. The molecule has 0 saturated carbocycles. The third-order valence-electron chi connectivity index (χ3n) is 3.92. The number of likely N-dealkylation sites (tertiary alicyclic amines) is 1. The minimum absolute atomic E-state index is 0.0768. The minimum atomic E-state index is -0.369. The topological polar surface area (TPSA) is 49.6 Å². The maximum Gasteiger partial charge on any atom is 0.294 e. The average molecular weight is 298 g/mol. The van der Waals surface area contributed by atoms with Crippen LogP contribution in [0, 0.1) is 16.0 Å². The molecule has 0 N–H and O–H groups in total. The Kier molecular flexibility index (Phi) is 4.83. The van der Waals surface area contributed by atoms with E-state index in [0.29, 0.717) is 16.6 Å². The van der Waals surface area contributed by atoms with E-state index in [9.17, 15) is 10.1 Å². The van der Waals surface area contributed by atoms with Gasteiger partial charge in [0, 0.05) is 24.7 Å². The number of hydrogen-bond donors (Lipinski definition) is 0. The van der Waals surface area contributed by atoms with E-state index in [2.05, 4.69) is 11.9 Å². The second-order valence-electron chi connectivity index (χ2n) is 5.52. The summed E-state index contributed by atoms with van der Waals surface area (Å²) in [6.07, 6.45) is 2.28. The van der Waals surface area contributed by atoms with E-state index in [-0.39, 0.29) is 10.6 Å². The molecular weight excluding hydrogens is 278 g/mol. The van der Waals surface area contributed by atoms with Crippen molar-refractivity contribution >= 4 is 23.0 Å². The Morgan fingerprint density at radius 3 is 2.70 bits per heavy atom. The molecule has 0 aromatic heterocycles. The minimum Gasteiger partial charge on any atom is -0.369 e. The zero-order chi connectivity index (χ0) is 14.7. The second-order valence-corrected chi connectivity index (χ2v) is 5.95. The fourth-order valence-corrected chi connectivity index (χ4v) is 2.86. The lowest BCUT2D eigenvalue weighted by Gasteiger charge is -2.32. The van der Waals surface area contributed by atoms with E-state index < -0.39 is 0 Å². The van der Waals surface area contributed by atoms with Crippen molar-refractivity contribution in [2.24, 2.45) is 5.92 Å². The van der Waals surface area contributed by atoms with Gasteiger partial charge in [-0.3, -0.25) is 10.1 Å². The molecule has 5 nitrogen and oxygen atoms in total. The van der Waals surface area contributed by atoms with Crippen LogP contribution in [0.15, 0.2) is 18.2 Å². The highest BCUT2D eigenvalue weighted by molar-refractivity contribution is 6.30. The molecule has 0 atom stereocenters. The van der Waals surface area contributed by atoms with Gasteiger partial charge in [-0.2, -0.15) is 0 Å². The summed E-state index contributed by atoms with van der Waals surface area (Å²) in [6.45, 7) is 3.04. The molecule has 0 amide bonds. The van der Waals surface area contributed by atoms with Gasteiger partial charge >= 0.3 is 0 Å². The summed E-state index contributed by atoms with van der Waals surface area (Å²) in [5.41, 5.74) is 0.714. The van der Waals surface area contributed by atoms with Gasteiger partial charge in [0.1, 0.15) is 5.69 Å². The van der Waals surface area contributed by atoms with Crippen LogP contribution in [0.1, 0.15) is 12.8 Å². The Hall–Kier alpha value is -1.33. The van der Waals surface area contributed by atoms with E-state index in [1.165, 1.54) is 6.07 Å². The predicted molar refractivity (Wildman–Crippen MR) is 81.6 cm³/mol. The molecule has 110 valence electrons. The standard InChI is InChI=1S/C14H20ClN3O2/c1-16-7-5-11(6-8-16)10-17(2)13-4-3-12(15)9-14(13)18(19)20/h3-4,9,11H,5-8,10H2,1-2H3. The predicted octanol–water partition coefficient (Wildman–Crippen LogP) is 3.03. The highest BCUT2D eigenvalue weighted by atomic mass is 35.5. The molecular formula is C14H20ClN3O2. The molecule has 1 fully saturated rings. The van der Waals surface area contributed by atoms with Crippen LogP contribution in [0.25, 0.3) is 0 Å². The summed E-state index contributed by atoms with van der Waals surface area (Å²) in [4.78, 5) is 15.1. The lowest BCUT2D eigenvalue weighted by Crippen LogP contribution is -2.35. The third-order valence-corrected chi connectivity index (χ3v) is 4.15. The van der Waals surface area contributed by atoms with Crippen molar-refractivity contribution < 1.29 is 4.92 Å². The molecule has 2 rings (SSSR count). The van der Waals surface area contributed by atoms with Crippen molar-refractivity contribution in [2.75, 3.05) is 38.6 Å². The number of anilines is 1. The molecule has 1 aliphatic rings. The Morgan fingerprint density at radius 1 is 1.45 bits per heavy atom. The molecule has 1 heterocycles. The Balaban J connectivity index is 2.09. The van der Waals surface area contributed by atoms with E-state index >= 15 is 0 Å². The highest BCUT2D eigenvalue weighted by Gasteiger charge is 2.22. The molecule has 0 aliphatic carbocycles. The van der Waals surface area contributed by atoms with E-state index in [1.807, 2.05) is 11.9 Å². The van der Waals surface area contributed by atoms with Crippen molar-refractivity contribution in [3.63, 3.8) is 0 Å². The fourth-order valence-electron chi connectivity index (χ4n) is 2.70. The first-order valence-corrected chi connectivity index (χ1v) is 7.19. The van der Waals surface area contributed by atoms with Gasteiger partial charge in [0.15, 0.2) is 0 Å². The first-order chi connectivity index (χ1) is 9.47. The van der Waals surface area contributed by atoms with Gasteiger partial charge < -0.3 is 9.80 Å². The van der Waals surface area contributed by atoms with Crippen LogP contribution >= 0.6 is 11.6 Å². The van der Waals surface area contributed by atoms with Crippen LogP contribution in [0.2, 0.25) is 5.02 Å². The number of piperidine rings is 1. The van der Waals surface area contributed by atoms with E-state index in [1.54, 1.807) is 12.1 Å². The summed E-state index contributed by atoms with van der Waals surface area (Å²) >= 11 is 5.85. The summed E-state index contributed by atoms with van der Waals surface area (Å²) in [5.74, 6) is 0.589. The lowest BCUT2D eigenvalue weighted by molar-refractivity contribution is -0.384. The first kappa shape index (κ1) is 15.1. The number of nitro benzene ring substituents is 1. The van der Waals surface area contributed by atoms with Gasteiger partial charge in [-0.15, -0.1) is 0 Å². The number of nitro groups is 1. The largest absolute Gasteiger partial charge is 0.369 e. The smallest absolute Gasteiger partial charge is 0.294 e. The summed E-state index contributed by atoms with van der Waals surface area (Å²) in [7, 11) is 4.04. The van der Waals surface area contributed by atoms with Gasteiger partial charge in [-0.25, -0.2) is 0 Å². The van der Waals surface area contributed by atoms with Gasteiger partial charge in [0.2, 0.25) is 0 Å². The molecule has 1 aromatic carbocycles. The Morgan fingerprint density at radius 2 is 2.10 bits per heavy atom.